The van der Waals surface area contributed by atoms with Gasteiger partial charge in [0.15, 0.2) is 9.84 Å². The highest BCUT2D eigenvalue weighted by atomic mass is 32.2. The number of rotatable bonds is 5. The number of hydrogen-bond donors (Lipinski definition) is 1. The van der Waals surface area contributed by atoms with Gasteiger partial charge < -0.3 is 5.32 Å². The number of benzene rings is 1. The van der Waals surface area contributed by atoms with E-state index in [-0.39, 0.29) is 12.3 Å². The molecule has 1 aromatic heterocycles. The molecular weight excluding hydrogens is 293 g/mol. The van der Waals surface area contributed by atoms with Gasteiger partial charge in [-0.25, -0.2) is 22.8 Å². The molecule has 0 unspecified atom stereocenters. The summed E-state index contributed by atoms with van der Waals surface area (Å²) in [6, 6.07) is 5.84. The van der Waals surface area contributed by atoms with E-state index in [0.717, 1.165) is 11.9 Å². The van der Waals surface area contributed by atoms with Crippen molar-refractivity contribution in [3.63, 3.8) is 0 Å². The van der Waals surface area contributed by atoms with Crippen LogP contribution in [0.15, 0.2) is 30.5 Å². The van der Waals surface area contributed by atoms with Gasteiger partial charge in [0.1, 0.15) is 5.82 Å². The van der Waals surface area contributed by atoms with Gasteiger partial charge in [0.05, 0.1) is 5.75 Å². The summed E-state index contributed by atoms with van der Waals surface area (Å²) in [7, 11) is -3.18. The lowest BCUT2D eigenvalue weighted by Gasteiger charge is -2.10. The second-order valence-electron chi connectivity index (χ2n) is 4.86. The standard InChI is InChI=1S/C14H16FN3O2S/c1-10-5-6-16-14(18-10)17-8-12-7-13(15)4-3-11(12)9-21(2,19)20/h3-7H,8-9H2,1-2H3,(H,16,17,18). The van der Waals surface area contributed by atoms with E-state index in [1.807, 2.05) is 6.92 Å². The van der Waals surface area contributed by atoms with Crippen LogP contribution in [0.3, 0.4) is 0 Å². The van der Waals surface area contributed by atoms with Crippen molar-refractivity contribution in [2.75, 3.05) is 11.6 Å². The number of halogens is 1. The lowest BCUT2D eigenvalue weighted by molar-refractivity contribution is 0.600. The normalized spacial score (nSPS) is 11.4. The van der Waals surface area contributed by atoms with Gasteiger partial charge >= 0.3 is 0 Å². The second-order valence-corrected chi connectivity index (χ2v) is 7.00. The Labute approximate surface area is 123 Å². The Hall–Kier alpha value is -2.02. The first-order valence-corrected chi connectivity index (χ1v) is 8.38. The Balaban J connectivity index is 2.20. The van der Waals surface area contributed by atoms with Crippen LogP contribution in [0.5, 0.6) is 0 Å². The molecule has 1 heterocycles. The minimum absolute atomic E-state index is 0.126. The molecule has 0 spiro atoms. The Morgan fingerprint density at radius 1 is 1.24 bits per heavy atom. The highest BCUT2D eigenvalue weighted by Crippen LogP contribution is 2.15. The van der Waals surface area contributed by atoms with E-state index in [9.17, 15) is 12.8 Å². The minimum Gasteiger partial charge on any atom is -0.350 e. The molecule has 0 aliphatic rings. The van der Waals surface area contributed by atoms with Gasteiger partial charge in [-0.1, -0.05) is 6.07 Å². The van der Waals surface area contributed by atoms with Crippen molar-refractivity contribution in [2.45, 2.75) is 19.2 Å². The van der Waals surface area contributed by atoms with E-state index in [4.69, 9.17) is 0 Å². The summed E-state index contributed by atoms with van der Waals surface area (Å²) in [5.74, 6) is -0.113. The Kier molecular flexibility index (Phi) is 4.52. The van der Waals surface area contributed by atoms with E-state index in [1.54, 1.807) is 12.3 Å². The third-order valence-electron chi connectivity index (χ3n) is 2.82. The van der Waals surface area contributed by atoms with Gasteiger partial charge in [0.25, 0.3) is 0 Å². The highest BCUT2D eigenvalue weighted by Gasteiger charge is 2.11. The summed E-state index contributed by atoms with van der Waals surface area (Å²) in [5.41, 5.74) is 1.95. The van der Waals surface area contributed by atoms with Crippen molar-refractivity contribution in [1.29, 1.82) is 0 Å². The number of hydrogen-bond acceptors (Lipinski definition) is 5. The van der Waals surface area contributed by atoms with Crippen LogP contribution < -0.4 is 5.32 Å². The third kappa shape index (κ3) is 4.78. The van der Waals surface area contributed by atoms with Crippen LogP contribution in [0.4, 0.5) is 10.3 Å². The monoisotopic (exact) mass is 309 g/mol. The van der Waals surface area contributed by atoms with Gasteiger partial charge in [-0.2, -0.15) is 0 Å². The molecule has 21 heavy (non-hydrogen) atoms. The molecule has 0 aliphatic carbocycles. The zero-order valence-electron chi connectivity index (χ0n) is 11.8. The summed E-state index contributed by atoms with van der Waals surface area (Å²) in [4.78, 5) is 8.23. The fourth-order valence-corrected chi connectivity index (χ4v) is 2.74. The molecule has 0 saturated carbocycles. The Morgan fingerprint density at radius 3 is 2.67 bits per heavy atom. The predicted octanol–water partition coefficient (Wildman–Crippen LogP) is 2.08. The lowest BCUT2D eigenvalue weighted by Crippen LogP contribution is -2.09. The number of sulfone groups is 1. The van der Waals surface area contributed by atoms with E-state index in [0.29, 0.717) is 17.1 Å². The summed E-state index contributed by atoms with van der Waals surface area (Å²) < 4.78 is 36.2. The maximum atomic E-state index is 13.4. The molecule has 2 rings (SSSR count). The van der Waals surface area contributed by atoms with Crippen LogP contribution in [-0.2, 0) is 22.1 Å². The van der Waals surface area contributed by atoms with E-state index >= 15 is 0 Å². The molecule has 7 heteroatoms. The first kappa shape index (κ1) is 15.4. The SMILES string of the molecule is Cc1ccnc(NCc2cc(F)ccc2CS(C)(=O)=O)n1. The van der Waals surface area contributed by atoms with Gasteiger partial charge in [-0.3, -0.25) is 0 Å². The molecule has 2 aromatic rings. The van der Waals surface area contributed by atoms with Crippen LogP contribution in [0.1, 0.15) is 16.8 Å². The average molecular weight is 309 g/mol. The minimum atomic E-state index is -3.18. The summed E-state index contributed by atoms with van der Waals surface area (Å²) in [6.07, 6.45) is 2.77. The molecular formula is C14H16FN3O2S. The van der Waals surface area contributed by atoms with E-state index < -0.39 is 15.7 Å². The Bertz CT molecular complexity index is 748. The van der Waals surface area contributed by atoms with Crippen molar-refractivity contribution in [2.24, 2.45) is 0 Å². The first-order chi connectivity index (χ1) is 9.83. The second kappa shape index (κ2) is 6.17. The number of aryl methyl sites for hydroxylation is 1. The largest absolute Gasteiger partial charge is 0.350 e. The predicted molar refractivity (Wildman–Crippen MR) is 79.0 cm³/mol. The molecule has 5 nitrogen and oxygen atoms in total. The van der Waals surface area contributed by atoms with Gasteiger partial charge in [0, 0.05) is 24.7 Å². The van der Waals surface area contributed by atoms with Crippen LogP contribution >= 0.6 is 0 Å². The number of anilines is 1. The van der Waals surface area contributed by atoms with Gasteiger partial charge in [0.2, 0.25) is 5.95 Å². The third-order valence-corrected chi connectivity index (χ3v) is 3.65. The van der Waals surface area contributed by atoms with Crippen molar-refractivity contribution in [1.82, 2.24) is 9.97 Å². The molecule has 0 radical (unpaired) electrons. The van der Waals surface area contributed by atoms with Crippen molar-refractivity contribution < 1.29 is 12.8 Å². The maximum Gasteiger partial charge on any atom is 0.223 e. The summed E-state index contributed by atoms with van der Waals surface area (Å²) in [6.45, 7) is 2.09. The smallest absolute Gasteiger partial charge is 0.223 e. The van der Waals surface area contributed by atoms with Crippen molar-refractivity contribution in [3.8, 4) is 0 Å². The lowest BCUT2D eigenvalue weighted by atomic mass is 10.1. The Morgan fingerprint density at radius 2 is 2.00 bits per heavy atom. The van der Waals surface area contributed by atoms with E-state index in [1.165, 1.54) is 18.2 Å². The number of nitrogens with zero attached hydrogens (tertiary/aromatic N) is 2. The van der Waals surface area contributed by atoms with Crippen LogP contribution in [-0.4, -0.2) is 24.6 Å². The quantitative estimate of drug-likeness (QED) is 0.915. The molecule has 1 N–H and O–H groups in total. The molecule has 1 aromatic carbocycles. The summed E-state index contributed by atoms with van der Waals surface area (Å²) >= 11 is 0. The highest BCUT2D eigenvalue weighted by molar-refractivity contribution is 7.89. The van der Waals surface area contributed by atoms with Crippen molar-refractivity contribution in [3.05, 3.63) is 53.1 Å². The van der Waals surface area contributed by atoms with Gasteiger partial charge in [-0.05, 0) is 36.2 Å². The number of nitrogens with one attached hydrogen (secondary N) is 1. The molecule has 0 bridgehead atoms. The molecule has 0 aliphatic heterocycles. The summed E-state index contributed by atoms with van der Waals surface area (Å²) in [5, 5.41) is 2.97. The topological polar surface area (TPSA) is 72.0 Å². The zero-order valence-corrected chi connectivity index (χ0v) is 12.6. The maximum absolute atomic E-state index is 13.4. The zero-order chi connectivity index (χ0) is 15.5. The molecule has 0 saturated heterocycles. The average Bonchev–Trinajstić information content (AvgIpc) is 2.38. The van der Waals surface area contributed by atoms with Crippen LogP contribution in [0.2, 0.25) is 0 Å². The van der Waals surface area contributed by atoms with E-state index in [2.05, 4.69) is 15.3 Å². The van der Waals surface area contributed by atoms with Gasteiger partial charge in [-0.15, -0.1) is 0 Å². The van der Waals surface area contributed by atoms with Crippen LogP contribution in [0, 0.1) is 12.7 Å². The fraction of sp³-hybridized carbons (Fsp3) is 0.286. The molecule has 112 valence electrons. The fourth-order valence-electron chi connectivity index (χ4n) is 1.89. The van der Waals surface area contributed by atoms with Crippen molar-refractivity contribution >= 4 is 15.8 Å². The first-order valence-electron chi connectivity index (χ1n) is 6.32. The van der Waals surface area contributed by atoms with Crippen LogP contribution in [0.25, 0.3) is 0 Å². The molecule has 0 fully saturated rings. The molecule has 0 atom stereocenters. The number of aromatic nitrogens is 2. The molecule has 0 amide bonds.